The van der Waals surface area contributed by atoms with Gasteiger partial charge in [-0.3, -0.25) is 4.79 Å². The SMILES string of the molecule is Cc1c(CCc2ccc3ccccc3c2C=O)sc(N)c1C#N. The first-order chi connectivity index (χ1) is 11.2. The summed E-state index contributed by atoms with van der Waals surface area (Å²) in [6.07, 6.45) is 2.47. The third kappa shape index (κ3) is 2.71. The van der Waals surface area contributed by atoms with Crippen molar-refractivity contribution in [2.45, 2.75) is 19.8 Å². The van der Waals surface area contributed by atoms with Crippen LogP contribution in [0.3, 0.4) is 0 Å². The van der Waals surface area contributed by atoms with E-state index in [2.05, 4.69) is 6.07 Å². The van der Waals surface area contributed by atoms with Crippen LogP contribution in [0.15, 0.2) is 36.4 Å². The summed E-state index contributed by atoms with van der Waals surface area (Å²) in [6.45, 7) is 1.93. The molecule has 0 radical (unpaired) electrons. The molecule has 3 aromatic rings. The zero-order valence-corrected chi connectivity index (χ0v) is 13.6. The van der Waals surface area contributed by atoms with Crippen LogP contribution in [-0.4, -0.2) is 6.29 Å². The third-order valence-corrected chi connectivity index (χ3v) is 5.37. The van der Waals surface area contributed by atoms with E-state index < -0.39 is 0 Å². The Morgan fingerprint density at radius 1 is 1.22 bits per heavy atom. The van der Waals surface area contributed by atoms with Gasteiger partial charge in [-0.2, -0.15) is 5.26 Å². The summed E-state index contributed by atoms with van der Waals surface area (Å²) in [6, 6.07) is 14.1. The van der Waals surface area contributed by atoms with Gasteiger partial charge >= 0.3 is 0 Å². The first kappa shape index (κ1) is 15.3. The van der Waals surface area contributed by atoms with E-state index in [0.29, 0.717) is 10.6 Å². The number of hydrogen-bond acceptors (Lipinski definition) is 4. The molecule has 3 nitrogen and oxygen atoms in total. The molecule has 0 amide bonds. The molecule has 1 heterocycles. The largest absolute Gasteiger partial charge is 0.389 e. The van der Waals surface area contributed by atoms with Crippen molar-refractivity contribution in [3.05, 3.63) is 63.5 Å². The van der Waals surface area contributed by atoms with Crippen molar-refractivity contribution < 1.29 is 4.79 Å². The van der Waals surface area contributed by atoms with Crippen LogP contribution in [0.25, 0.3) is 10.8 Å². The Kier molecular flexibility index (Phi) is 4.14. The fraction of sp³-hybridized carbons (Fsp3) is 0.158. The number of carbonyl (C=O) groups excluding carboxylic acids is 1. The summed E-state index contributed by atoms with van der Waals surface area (Å²) in [5.41, 5.74) is 9.22. The fourth-order valence-corrected chi connectivity index (χ4v) is 3.93. The average molecular weight is 320 g/mol. The number of aldehydes is 1. The molecule has 2 N–H and O–H groups in total. The molecule has 0 unspecified atom stereocenters. The Bertz CT molecular complexity index is 934. The van der Waals surface area contributed by atoms with Gasteiger partial charge in [0.05, 0.1) is 5.56 Å². The van der Waals surface area contributed by atoms with E-state index in [1.54, 1.807) is 0 Å². The number of nitriles is 1. The summed E-state index contributed by atoms with van der Waals surface area (Å²) in [4.78, 5) is 12.7. The maximum atomic E-state index is 11.6. The highest BCUT2D eigenvalue weighted by Gasteiger charge is 2.13. The van der Waals surface area contributed by atoms with E-state index in [1.165, 1.54) is 11.3 Å². The summed E-state index contributed by atoms with van der Waals surface area (Å²) in [7, 11) is 0. The van der Waals surface area contributed by atoms with Crippen molar-refractivity contribution in [1.29, 1.82) is 5.26 Å². The Labute approximate surface area is 139 Å². The lowest BCUT2D eigenvalue weighted by Gasteiger charge is -2.08. The van der Waals surface area contributed by atoms with Crippen molar-refractivity contribution in [1.82, 2.24) is 0 Å². The molecule has 0 aliphatic rings. The summed E-state index contributed by atoms with van der Waals surface area (Å²) in [5, 5.41) is 11.8. The van der Waals surface area contributed by atoms with E-state index in [9.17, 15) is 4.79 Å². The minimum absolute atomic E-state index is 0.578. The molecule has 0 aliphatic carbocycles. The molecule has 4 heteroatoms. The van der Waals surface area contributed by atoms with Gasteiger partial charge in [-0.05, 0) is 41.7 Å². The van der Waals surface area contributed by atoms with E-state index in [-0.39, 0.29) is 0 Å². The average Bonchev–Trinajstić information content (AvgIpc) is 2.85. The maximum Gasteiger partial charge on any atom is 0.150 e. The van der Waals surface area contributed by atoms with Gasteiger partial charge in [0, 0.05) is 10.4 Å². The Balaban J connectivity index is 1.94. The zero-order valence-electron chi connectivity index (χ0n) is 12.8. The van der Waals surface area contributed by atoms with Crippen LogP contribution < -0.4 is 5.73 Å². The van der Waals surface area contributed by atoms with Crippen molar-refractivity contribution in [2.24, 2.45) is 0 Å². The van der Waals surface area contributed by atoms with Gasteiger partial charge in [0.1, 0.15) is 11.1 Å². The number of fused-ring (bicyclic) bond motifs is 1. The molecule has 0 saturated heterocycles. The summed E-state index contributed by atoms with van der Waals surface area (Å²) < 4.78 is 0. The van der Waals surface area contributed by atoms with Crippen LogP contribution in [0, 0.1) is 18.3 Å². The second-order valence-electron chi connectivity index (χ2n) is 5.48. The Morgan fingerprint density at radius 2 is 2.00 bits per heavy atom. The predicted molar refractivity (Wildman–Crippen MR) is 94.9 cm³/mol. The fourth-order valence-electron chi connectivity index (χ4n) is 2.91. The lowest BCUT2D eigenvalue weighted by Crippen LogP contribution is -1.97. The van der Waals surface area contributed by atoms with E-state index in [4.69, 9.17) is 11.0 Å². The molecular weight excluding hydrogens is 304 g/mol. The van der Waals surface area contributed by atoms with Crippen LogP contribution in [0.5, 0.6) is 0 Å². The lowest BCUT2D eigenvalue weighted by molar-refractivity contribution is 0.112. The van der Waals surface area contributed by atoms with Crippen molar-refractivity contribution in [2.75, 3.05) is 5.73 Å². The molecule has 1 aromatic heterocycles. The molecule has 0 aliphatic heterocycles. The molecule has 0 fully saturated rings. The molecule has 114 valence electrons. The Morgan fingerprint density at radius 3 is 2.70 bits per heavy atom. The van der Waals surface area contributed by atoms with Crippen molar-refractivity contribution >= 4 is 33.4 Å². The van der Waals surface area contributed by atoms with Crippen molar-refractivity contribution in [3.8, 4) is 6.07 Å². The number of anilines is 1. The molecular formula is C19H16N2OS. The van der Waals surface area contributed by atoms with Gasteiger partial charge in [0.2, 0.25) is 0 Å². The first-order valence-corrected chi connectivity index (χ1v) is 8.21. The van der Waals surface area contributed by atoms with Crippen LogP contribution in [0.1, 0.15) is 31.9 Å². The van der Waals surface area contributed by atoms with Crippen LogP contribution in [0.4, 0.5) is 5.00 Å². The molecule has 23 heavy (non-hydrogen) atoms. The van der Waals surface area contributed by atoms with E-state index in [0.717, 1.165) is 51.5 Å². The number of rotatable bonds is 4. The number of carbonyl (C=O) groups is 1. The van der Waals surface area contributed by atoms with Gasteiger partial charge in [-0.1, -0.05) is 36.4 Å². The highest BCUT2D eigenvalue weighted by molar-refractivity contribution is 7.16. The summed E-state index contributed by atoms with van der Waals surface area (Å²) in [5.74, 6) is 0. The number of benzene rings is 2. The first-order valence-electron chi connectivity index (χ1n) is 7.39. The second kappa shape index (κ2) is 6.23. The van der Waals surface area contributed by atoms with Gasteiger partial charge in [0.25, 0.3) is 0 Å². The Hall–Kier alpha value is -2.64. The number of nitrogens with zero attached hydrogens (tertiary/aromatic N) is 1. The highest BCUT2D eigenvalue weighted by Crippen LogP contribution is 2.31. The molecule has 0 saturated carbocycles. The number of nitrogen functional groups attached to an aromatic ring is 1. The minimum atomic E-state index is 0.578. The standard InChI is InChI=1S/C19H16N2OS/c1-12-16(10-20)19(21)23-18(12)9-8-14-7-6-13-4-2-3-5-15(13)17(14)11-22/h2-7,11H,8-9,21H2,1H3. The smallest absolute Gasteiger partial charge is 0.150 e. The highest BCUT2D eigenvalue weighted by atomic mass is 32.1. The van der Waals surface area contributed by atoms with Gasteiger partial charge in [-0.25, -0.2) is 0 Å². The zero-order chi connectivity index (χ0) is 16.4. The van der Waals surface area contributed by atoms with Crippen LogP contribution in [0.2, 0.25) is 0 Å². The van der Waals surface area contributed by atoms with Gasteiger partial charge in [-0.15, -0.1) is 11.3 Å². The van der Waals surface area contributed by atoms with Crippen LogP contribution in [-0.2, 0) is 12.8 Å². The summed E-state index contributed by atoms with van der Waals surface area (Å²) >= 11 is 1.47. The normalized spacial score (nSPS) is 10.6. The number of thiophene rings is 1. The van der Waals surface area contributed by atoms with Gasteiger partial charge < -0.3 is 5.73 Å². The molecule has 0 bridgehead atoms. The van der Waals surface area contributed by atoms with E-state index in [1.807, 2.05) is 43.3 Å². The quantitative estimate of drug-likeness (QED) is 0.730. The molecule has 0 spiro atoms. The van der Waals surface area contributed by atoms with Gasteiger partial charge in [0.15, 0.2) is 6.29 Å². The lowest BCUT2D eigenvalue weighted by atomic mass is 9.96. The monoisotopic (exact) mass is 320 g/mol. The number of nitrogens with two attached hydrogens (primary N) is 1. The van der Waals surface area contributed by atoms with E-state index >= 15 is 0 Å². The topological polar surface area (TPSA) is 66.9 Å². The minimum Gasteiger partial charge on any atom is -0.389 e. The number of aryl methyl sites for hydroxylation is 2. The number of hydrogen-bond donors (Lipinski definition) is 1. The third-order valence-electron chi connectivity index (χ3n) is 4.18. The van der Waals surface area contributed by atoms with Crippen molar-refractivity contribution in [3.63, 3.8) is 0 Å². The molecule has 0 atom stereocenters. The van der Waals surface area contributed by atoms with Crippen LogP contribution >= 0.6 is 11.3 Å². The maximum absolute atomic E-state index is 11.6. The predicted octanol–water partition coefficient (Wildman–Crippen LogP) is 4.26. The molecule has 3 rings (SSSR count). The second-order valence-corrected chi connectivity index (χ2v) is 6.62. The molecule has 2 aromatic carbocycles.